The van der Waals surface area contributed by atoms with Crippen LogP contribution in [0.5, 0.6) is 11.5 Å². The highest BCUT2D eigenvalue weighted by Crippen LogP contribution is 2.45. The van der Waals surface area contributed by atoms with E-state index in [9.17, 15) is 34.3 Å². The number of alkyl carbamates (subject to hydrolysis) is 1. The quantitative estimate of drug-likeness (QED) is 0.179. The summed E-state index contributed by atoms with van der Waals surface area (Å²) < 4.78 is 56.1. The number of nitrogens with zero attached hydrogens (tertiary/aromatic N) is 6. The number of amides is 1. The third-order valence-electron chi connectivity index (χ3n) is 12.5. The molecule has 6 atom stereocenters. The van der Waals surface area contributed by atoms with E-state index in [2.05, 4.69) is 17.5 Å². The fourth-order valence-corrected chi connectivity index (χ4v) is 9.24. The lowest BCUT2D eigenvalue weighted by atomic mass is 9.96. The summed E-state index contributed by atoms with van der Waals surface area (Å²) in [6, 6.07) is 5.23. The lowest BCUT2D eigenvalue weighted by Crippen LogP contribution is -2.43. The van der Waals surface area contributed by atoms with E-state index >= 15 is 8.78 Å². The Kier molecular flexibility index (Phi) is 13.2. The second-order valence-corrected chi connectivity index (χ2v) is 18.2. The van der Waals surface area contributed by atoms with E-state index < -0.39 is 57.7 Å². The van der Waals surface area contributed by atoms with Gasteiger partial charge in [0.2, 0.25) is 10.9 Å². The minimum atomic E-state index is -1.35. The van der Waals surface area contributed by atoms with Gasteiger partial charge in [-0.15, -0.1) is 0 Å². The topological polar surface area (TPSA) is 244 Å². The van der Waals surface area contributed by atoms with Crippen LogP contribution >= 0.6 is 0 Å². The fourth-order valence-electron chi connectivity index (χ4n) is 9.24. The van der Waals surface area contributed by atoms with E-state index in [1.165, 1.54) is 19.5 Å². The monoisotopic (exact) mass is 914 g/mol. The molecule has 0 spiro atoms. The van der Waals surface area contributed by atoms with Crippen molar-refractivity contribution in [3.8, 4) is 23.6 Å². The molecule has 6 heterocycles. The number of nitriles is 2. The summed E-state index contributed by atoms with van der Waals surface area (Å²) in [5.41, 5.74) is 4.75. The summed E-state index contributed by atoms with van der Waals surface area (Å²) in [7, 11) is 1.19. The normalized spacial score (nSPS) is 20.5. The Bertz CT molecular complexity index is 2830. The molecule has 2 aromatic heterocycles. The van der Waals surface area contributed by atoms with Crippen molar-refractivity contribution in [1.82, 2.24) is 14.5 Å². The van der Waals surface area contributed by atoms with Crippen LogP contribution in [0.15, 0.2) is 34.1 Å². The number of aromatic nitrogens is 2. The number of esters is 1. The lowest BCUT2D eigenvalue weighted by molar-refractivity contribution is 0.0488. The first-order chi connectivity index (χ1) is 31.3. The van der Waals surface area contributed by atoms with Crippen LogP contribution in [0.1, 0.15) is 93.1 Å². The van der Waals surface area contributed by atoms with Crippen LogP contribution < -0.4 is 41.2 Å². The number of hydrogen-bond acceptors (Lipinski definition) is 14. The van der Waals surface area contributed by atoms with Crippen molar-refractivity contribution in [2.75, 3.05) is 56.3 Å². The molecule has 4 aliphatic heterocycles. The molecule has 0 bridgehead atoms. The maximum Gasteiger partial charge on any atom is 0.407 e. The third-order valence-corrected chi connectivity index (χ3v) is 12.5. The summed E-state index contributed by atoms with van der Waals surface area (Å²) in [5.74, 6) is -3.02. The average molecular weight is 915 g/mol. The summed E-state index contributed by atoms with van der Waals surface area (Å²) >= 11 is 0. The molecule has 4 unspecified atom stereocenters. The Morgan fingerprint density at radius 2 is 1.35 bits per heavy atom. The lowest BCUT2D eigenvalue weighted by Gasteiger charge is -2.31. The molecular formula is C46H52F2N8O10. The summed E-state index contributed by atoms with van der Waals surface area (Å²) in [5, 5.41) is 30.4. The van der Waals surface area contributed by atoms with E-state index in [0.717, 1.165) is 18.6 Å². The van der Waals surface area contributed by atoms with Crippen molar-refractivity contribution in [1.29, 1.82) is 10.5 Å². The highest BCUT2D eigenvalue weighted by atomic mass is 19.1. The number of ether oxygens (including phenoxy) is 4. The largest absolute Gasteiger partial charge is 0.487 e. The van der Waals surface area contributed by atoms with Gasteiger partial charge in [0.15, 0.2) is 23.1 Å². The van der Waals surface area contributed by atoms with Gasteiger partial charge < -0.3 is 54.0 Å². The second kappa shape index (κ2) is 18.5. The van der Waals surface area contributed by atoms with Gasteiger partial charge >= 0.3 is 18.0 Å². The number of hydrogen-bond donors (Lipinski definition) is 3. The van der Waals surface area contributed by atoms with Crippen LogP contribution in [0.25, 0.3) is 21.8 Å². The first-order valence-corrected chi connectivity index (χ1v) is 21.7. The van der Waals surface area contributed by atoms with E-state index in [0.29, 0.717) is 43.6 Å². The summed E-state index contributed by atoms with van der Waals surface area (Å²) in [6.45, 7) is 11.3. The van der Waals surface area contributed by atoms with Gasteiger partial charge in [-0.2, -0.15) is 10.5 Å². The average Bonchev–Trinajstić information content (AvgIpc) is 3.95. The number of halogens is 2. The zero-order chi connectivity index (χ0) is 47.9. The number of methoxy groups -OCH3 is 1. The van der Waals surface area contributed by atoms with Crippen molar-refractivity contribution >= 4 is 51.2 Å². The molecule has 0 saturated carbocycles. The molecule has 0 aliphatic carbocycles. The third kappa shape index (κ3) is 8.89. The minimum absolute atomic E-state index is 0.00960. The molecule has 66 heavy (non-hydrogen) atoms. The Balaban J connectivity index is 0.000000202. The Morgan fingerprint density at radius 1 is 0.864 bits per heavy atom. The van der Waals surface area contributed by atoms with Crippen molar-refractivity contribution in [2.24, 2.45) is 17.6 Å². The maximum atomic E-state index is 15.6. The number of pyridine rings is 2. The van der Waals surface area contributed by atoms with E-state index in [1.807, 2.05) is 23.6 Å². The highest BCUT2D eigenvalue weighted by molar-refractivity contribution is 5.99. The van der Waals surface area contributed by atoms with Crippen molar-refractivity contribution in [2.45, 2.75) is 90.1 Å². The molecule has 8 rings (SSSR count). The van der Waals surface area contributed by atoms with Crippen LogP contribution in [0.3, 0.4) is 0 Å². The van der Waals surface area contributed by atoms with Crippen LogP contribution in [-0.2, 0) is 9.47 Å². The molecule has 4 aliphatic rings. The minimum Gasteiger partial charge on any atom is -0.487 e. The predicted octanol–water partition coefficient (Wildman–Crippen LogP) is 5.37. The molecule has 18 nitrogen and oxygen atoms in total. The number of aromatic carboxylic acids is 1. The molecule has 20 heteroatoms. The maximum absolute atomic E-state index is 15.6. The van der Waals surface area contributed by atoms with E-state index in [-0.39, 0.29) is 95.2 Å². The summed E-state index contributed by atoms with van der Waals surface area (Å²) in [6.07, 6.45) is 3.77. The standard InChI is InChI=1S/C26H31FN4O6.C20H21FN4O4/c1-14-13-36-23-20-16(22(32)17(12-31(14)20)24(33)35-5)10-18(27)21(23)30-9-7-15(11-30)19(6-8-28)29-25(34)37-26(2,3)4;1-10-9-29-19-16-12(18(26)13(20(27)28)8-25(10)16)6-14(21)17(19)24-5-3-11(7-24)15(23)2-4-22/h10,12,14-15,19H,6-7,9,11,13H2,1-5H3,(H,29,34);6,8,10-11,15H,2-3,5,7,9,23H2,1H3,(H,27,28)/t14-,15?,19?;10-,11?,15?/m00/s1. The summed E-state index contributed by atoms with van der Waals surface area (Å²) in [4.78, 5) is 65.4. The predicted molar refractivity (Wildman–Crippen MR) is 237 cm³/mol. The molecule has 0 radical (unpaired) electrons. The number of benzene rings is 2. The van der Waals surface area contributed by atoms with Crippen molar-refractivity contribution < 1.29 is 47.2 Å². The molecule has 2 aromatic carbocycles. The van der Waals surface area contributed by atoms with Gasteiger partial charge in [0.05, 0.1) is 66.0 Å². The number of anilines is 2. The van der Waals surface area contributed by atoms with Gasteiger partial charge in [-0.25, -0.2) is 23.2 Å². The van der Waals surface area contributed by atoms with E-state index in [1.54, 1.807) is 29.9 Å². The van der Waals surface area contributed by atoms with Gasteiger partial charge in [-0.05, 0) is 71.4 Å². The first-order valence-electron chi connectivity index (χ1n) is 21.7. The molecule has 1 amide bonds. The zero-order valence-electron chi connectivity index (χ0n) is 37.5. The zero-order valence-corrected chi connectivity index (χ0v) is 37.5. The van der Waals surface area contributed by atoms with Crippen LogP contribution in [0, 0.1) is 46.1 Å². The Labute approximate surface area is 377 Å². The number of nitrogens with one attached hydrogen (secondary N) is 1. The highest BCUT2D eigenvalue weighted by Gasteiger charge is 2.38. The van der Waals surface area contributed by atoms with Crippen LogP contribution in [-0.4, -0.2) is 96.5 Å². The van der Waals surface area contributed by atoms with E-state index in [4.69, 9.17) is 29.9 Å². The molecular weight excluding hydrogens is 863 g/mol. The number of carbonyl (C=O) groups is 3. The van der Waals surface area contributed by atoms with Gasteiger partial charge in [0.1, 0.15) is 41.3 Å². The van der Waals surface area contributed by atoms with Gasteiger partial charge in [-0.1, -0.05) is 0 Å². The van der Waals surface area contributed by atoms with Crippen LogP contribution in [0.4, 0.5) is 25.0 Å². The Hall–Kier alpha value is -6.93. The van der Waals surface area contributed by atoms with Gasteiger partial charge in [-0.3, -0.25) is 9.59 Å². The molecule has 350 valence electrons. The SMILES string of the molecule is COC(=O)c1cn2c3c(c(N4CCC(C(CC#N)NC(=O)OC(C)(C)C)C4)c(F)cc3c1=O)OC[C@@H]2C.C[C@H]1COc2c(N3CCC(C(N)CC#N)C3)c(F)cc3c(=O)c(C(=O)O)cn1c23. The molecule has 4 N–H and O–H groups in total. The second-order valence-electron chi connectivity index (χ2n) is 18.2. The number of rotatable bonds is 9. The fraction of sp³-hybridized carbons (Fsp3) is 0.500. The van der Waals surface area contributed by atoms with Crippen molar-refractivity contribution in [3.05, 3.63) is 67.7 Å². The number of carboxylic acids is 1. The Morgan fingerprint density at radius 3 is 1.83 bits per heavy atom. The number of carbonyl (C=O) groups excluding carboxylic acids is 2. The first kappa shape index (κ1) is 47.0. The number of carboxylic acid groups (broad SMARTS) is 1. The molecule has 2 fully saturated rings. The number of nitrogens with two attached hydrogens (primary N) is 1. The van der Waals surface area contributed by atoms with Gasteiger partial charge in [0, 0.05) is 50.7 Å². The smallest absolute Gasteiger partial charge is 0.407 e. The molecule has 2 saturated heterocycles. The van der Waals surface area contributed by atoms with Crippen molar-refractivity contribution in [3.63, 3.8) is 0 Å². The molecule has 4 aromatic rings. The van der Waals surface area contributed by atoms with Crippen LogP contribution in [0.2, 0.25) is 0 Å². The van der Waals surface area contributed by atoms with Gasteiger partial charge in [0.25, 0.3) is 0 Å².